The molecule has 0 saturated heterocycles. The molecule has 208 valence electrons. The van der Waals surface area contributed by atoms with Crippen LogP contribution in [0.3, 0.4) is 0 Å². The highest BCUT2D eigenvalue weighted by Crippen LogP contribution is 2.29. The van der Waals surface area contributed by atoms with Crippen LogP contribution < -0.4 is 24.8 Å². The molecule has 1 amide bonds. The molecule has 0 aliphatic heterocycles. The van der Waals surface area contributed by atoms with Gasteiger partial charge in [-0.15, -0.1) is 11.3 Å². The van der Waals surface area contributed by atoms with Gasteiger partial charge in [0, 0.05) is 21.5 Å². The quantitative estimate of drug-likeness (QED) is 0.290. The minimum Gasteiger partial charge on any atom is -0.490 e. The van der Waals surface area contributed by atoms with E-state index >= 15 is 0 Å². The van der Waals surface area contributed by atoms with E-state index < -0.39 is 29.2 Å². The SMILES string of the molecule is CC(C)Oc1ccc2ccccc2c1/C=c1\s/c(=C/C(=O)C(C)(C)C)n(CC(=O)Nc2ccc(Br)cc2F)c1=O. The average Bonchev–Trinajstić information content (AvgIpc) is 3.15. The maximum absolute atomic E-state index is 14.3. The Morgan fingerprint density at radius 1 is 1.12 bits per heavy atom. The maximum Gasteiger partial charge on any atom is 0.269 e. The lowest BCUT2D eigenvalue weighted by molar-refractivity contribution is -0.120. The molecule has 3 aromatic carbocycles. The van der Waals surface area contributed by atoms with Crippen LogP contribution in [0, 0.1) is 11.2 Å². The molecular formula is C31H30BrFN2O4S. The van der Waals surface area contributed by atoms with Crippen molar-refractivity contribution in [3.63, 3.8) is 0 Å². The fourth-order valence-electron chi connectivity index (χ4n) is 3.96. The number of rotatable bonds is 7. The van der Waals surface area contributed by atoms with Gasteiger partial charge in [-0.1, -0.05) is 67.0 Å². The average molecular weight is 626 g/mol. The van der Waals surface area contributed by atoms with E-state index in [9.17, 15) is 18.8 Å². The second-order valence-corrected chi connectivity index (χ2v) is 12.6. The molecule has 0 bridgehead atoms. The predicted molar refractivity (Wildman–Crippen MR) is 163 cm³/mol. The summed E-state index contributed by atoms with van der Waals surface area (Å²) in [4.78, 5) is 39.6. The van der Waals surface area contributed by atoms with E-state index in [0.29, 0.717) is 19.4 Å². The van der Waals surface area contributed by atoms with Crippen molar-refractivity contribution in [1.29, 1.82) is 0 Å². The molecule has 1 N–H and O–H groups in total. The number of amides is 1. The van der Waals surface area contributed by atoms with Crippen LogP contribution in [-0.4, -0.2) is 22.4 Å². The van der Waals surface area contributed by atoms with E-state index in [-0.39, 0.29) is 17.6 Å². The number of carbonyl (C=O) groups is 2. The highest BCUT2D eigenvalue weighted by Gasteiger charge is 2.20. The maximum atomic E-state index is 14.3. The number of fused-ring (bicyclic) bond motifs is 1. The molecule has 0 unspecified atom stereocenters. The molecule has 0 spiro atoms. The fourth-order valence-corrected chi connectivity index (χ4v) is 5.31. The number of aromatic nitrogens is 1. The lowest BCUT2D eigenvalue weighted by Crippen LogP contribution is -2.36. The second-order valence-electron chi connectivity index (χ2n) is 10.6. The molecule has 4 aromatic rings. The molecule has 0 aliphatic carbocycles. The number of hydrogen-bond acceptors (Lipinski definition) is 5. The van der Waals surface area contributed by atoms with Gasteiger partial charge >= 0.3 is 0 Å². The van der Waals surface area contributed by atoms with Crippen LogP contribution in [0.15, 0.2) is 63.9 Å². The Morgan fingerprint density at radius 2 is 1.85 bits per heavy atom. The first-order chi connectivity index (χ1) is 18.8. The Balaban J connectivity index is 1.88. The summed E-state index contributed by atoms with van der Waals surface area (Å²) in [7, 11) is 0. The number of carbonyl (C=O) groups excluding carboxylic acids is 2. The first-order valence-corrected chi connectivity index (χ1v) is 14.4. The van der Waals surface area contributed by atoms with Crippen molar-refractivity contribution in [3.8, 4) is 5.75 Å². The summed E-state index contributed by atoms with van der Waals surface area (Å²) in [5.74, 6) is -0.785. The van der Waals surface area contributed by atoms with Crippen molar-refractivity contribution in [2.45, 2.75) is 47.3 Å². The minimum atomic E-state index is -0.689. The molecule has 6 nitrogen and oxygen atoms in total. The van der Waals surface area contributed by atoms with E-state index in [2.05, 4.69) is 21.2 Å². The zero-order chi connectivity index (χ0) is 29.2. The van der Waals surface area contributed by atoms with Crippen LogP contribution >= 0.6 is 27.3 Å². The number of anilines is 1. The Hall–Kier alpha value is -3.56. The first-order valence-electron chi connectivity index (χ1n) is 12.7. The lowest BCUT2D eigenvalue weighted by Gasteiger charge is -2.14. The number of ketones is 1. The van der Waals surface area contributed by atoms with Crippen LogP contribution in [0.5, 0.6) is 5.75 Å². The molecular weight excluding hydrogens is 595 g/mol. The zero-order valence-corrected chi connectivity index (χ0v) is 25.3. The van der Waals surface area contributed by atoms with Gasteiger partial charge in [0.15, 0.2) is 5.78 Å². The summed E-state index contributed by atoms with van der Waals surface area (Å²) in [6, 6.07) is 15.9. The van der Waals surface area contributed by atoms with E-state index in [0.717, 1.165) is 27.7 Å². The van der Waals surface area contributed by atoms with Gasteiger partial charge in [0.1, 0.15) is 22.8 Å². The molecule has 0 saturated carbocycles. The van der Waals surface area contributed by atoms with Crippen molar-refractivity contribution in [1.82, 2.24) is 4.57 Å². The molecule has 4 rings (SSSR count). The molecule has 0 aliphatic rings. The number of Topliss-reactive ketones (excluding diaryl/α,β-unsaturated/α-hetero) is 1. The largest absolute Gasteiger partial charge is 0.490 e. The van der Waals surface area contributed by atoms with Gasteiger partial charge in [0.05, 0.1) is 16.3 Å². The minimum absolute atomic E-state index is 0.00852. The summed E-state index contributed by atoms with van der Waals surface area (Å²) in [5.41, 5.74) is -0.406. The Morgan fingerprint density at radius 3 is 2.52 bits per heavy atom. The number of ether oxygens (including phenoxy) is 1. The number of hydrogen-bond donors (Lipinski definition) is 1. The van der Waals surface area contributed by atoms with Gasteiger partial charge in [0.25, 0.3) is 5.56 Å². The molecule has 40 heavy (non-hydrogen) atoms. The van der Waals surface area contributed by atoms with Crippen LogP contribution in [-0.2, 0) is 16.1 Å². The molecule has 0 fully saturated rings. The van der Waals surface area contributed by atoms with Crippen LogP contribution in [0.1, 0.15) is 40.2 Å². The van der Waals surface area contributed by atoms with Crippen molar-refractivity contribution < 1.29 is 18.7 Å². The van der Waals surface area contributed by atoms with Gasteiger partial charge < -0.3 is 10.1 Å². The second kappa shape index (κ2) is 11.9. The highest BCUT2D eigenvalue weighted by molar-refractivity contribution is 9.10. The van der Waals surface area contributed by atoms with Crippen LogP contribution in [0.2, 0.25) is 0 Å². The van der Waals surface area contributed by atoms with Crippen molar-refractivity contribution >= 4 is 67.6 Å². The third-order valence-corrected chi connectivity index (χ3v) is 7.56. The van der Waals surface area contributed by atoms with E-state index in [1.807, 2.05) is 50.2 Å². The van der Waals surface area contributed by atoms with E-state index in [1.54, 1.807) is 32.9 Å². The summed E-state index contributed by atoms with van der Waals surface area (Å²) in [6.07, 6.45) is 3.05. The summed E-state index contributed by atoms with van der Waals surface area (Å²) in [5, 5.41) is 4.40. The summed E-state index contributed by atoms with van der Waals surface area (Å²) in [6.45, 7) is 8.80. The van der Waals surface area contributed by atoms with E-state index in [4.69, 9.17) is 4.74 Å². The smallest absolute Gasteiger partial charge is 0.269 e. The van der Waals surface area contributed by atoms with E-state index in [1.165, 1.54) is 22.8 Å². The van der Waals surface area contributed by atoms with Crippen molar-refractivity contribution in [2.75, 3.05) is 5.32 Å². The number of nitrogens with one attached hydrogen (secondary N) is 1. The van der Waals surface area contributed by atoms with Gasteiger partial charge in [0.2, 0.25) is 5.91 Å². The number of nitrogens with zero attached hydrogens (tertiary/aromatic N) is 1. The third-order valence-electron chi connectivity index (χ3n) is 6.01. The van der Waals surface area contributed by atoms with Gasteiger partial charge in [-0.3, -0.25) is 19.0 Å². The van der Waals surface area contributed by atoms with Crippen LogP contribution in [0.4, 0.5) is 10.1 Å². The summed E-state index contributed by atoms with van der Waals surface area (Å²) < 4.78 is 22.8. The number of thiazole rings is 1. The molecule has 1 heterocycles. The van der Waals surface area contributed by atoms with Gasteiger partial charge in [-0.25, -0.2) is 4.39 Å². The Bertz CT molecular complexity index is 1780. The Kier molecular flexibility index (Phi) is 8.75. The molecule has 0 radical (unpaired) electrons. The van der Waals surface area contributed by atoms with Crippen molar-refractivity contribution in [2.24, 2.45) is 5.41 Å². The molecule has 9 heteroatoms. The first kappa shape index (κ1) is 29.4. The normalized spacial score (nSPS) is 12.8. The Labute approximate surface area is 243 Å². The zero-order valence-electron chi connectivity index (χ0n) is 22.9. The van der Waals surface area contributed by atoms with Crippen molar-refractivity contribution in [3.05, 3.63) is 90.0 Å². The lowest BCUT2D eigenvalue weighted by atomic mass is 9.91. The third kappa shape index (κ3) is 6.77. The predicted octanol–water partition coefficient (Wildman–Crippen LogP) is 5.62. The highest BCUT2D eigenvalue weighted by atomic mass is 79.9. The number of halogens is 2. The summed E-state index contributed by atoms with van der Waals surface area (Å²) >= 11 is 4.31. The molecule has 0 atom stereocenters. The van der Waals surface area contributed by atoms with Gasteiger partial charge in [-0.05, 0) is 55.0 Å². The standard InChI is InChI=1S/C31H30BrFN2O4S/c1-18(2)39-25-13-10-19-8-6-7-9-21(19)22(25)15-26-30(38)35(29(40-26)16-27(36)31(3,4)5)17-28(37)34-24-12-11-20(32)14-23(24)33/h6-16,18H,17H2,1-5H3,(H,34,37)/b26-15-,29-16+. The monoisotopic (exact) mass is 624 g/mol. The topological polar surface area (TPSA) is 77.4 Å². The molecule has 1 aromatic heterocycles. The number of benzene rings is 3. The van der Waals surface area contributed by atoms with Gasteiger partial charge in [-0.2, -0.15) is 0 Å². The van der Waals surface area contributed by atoms with Crippen LogP contribution in [0.25, 0.3) is 22.9 Å². The fraction of sp³-hybridized carbons (Fsp3) is 0.258.